The predicted octanol–water partition coefficient (Wildman–Crippen LogP) is 4.33. The Bertz CT molecular complexity index is 615. The van der Waals surface area contributed by atoms with Crippen LogP contribution in [0.25, 0.3) is 0 Å². The van der Waals surface area contributed by atoms with Crippen LogP contribution >= 0.6 is 0 Å². The Morgan fingerprint density at radius 2 is 1.75 bits per heavy atom. The van der Waals surface area contributed by atoms with Gasteiger partial charge in [-0.2, -0.15) is 0 Å². The van der Waals surface area contributed by atoms with Crippen molar-refractivity contribution in [3.8, 4) is 5.75 Å². The van der Waals surface area contributed by atoms with E-state index in [1.54, 1.807) is 7.11 Å². The first-order valence-electron chi connectivity index (χ1n) is 10.8. The van der Waals surface area contributed by atoms with Gasteiger partial charge in [0.15, 0.2) is 0 Å². The highest BCUT2D eigenvalue weighted by molar-refractivity contribution is 5.97. The Balaban J connectivity index is 1.46. The van der Waals surface area contributed by atoms with Crippen LogP contribution in [0.5, 0.6) is 5.75 Å². The zero-order valence-electron chi connectivity index (χ0n) is 17.7. The van der Waals surface area contributed by atoms with Crippen LogP contribution in [0.4, 0.5) is 5.69 Å². The van der Waals surface area contributed by atoms with Gasteiger partial charge in [-0.1, -0.05) is 33.1 Å². The molecule has 28 heavy (non-hydrogen) atoms. The number of ether oxygens (including phenoxy) is 2. The van der Waals surface area contributed by atoms with Gasteiger partial charge >= 0.3 is 0 Å². The molecule has 5 nitrogen and oxygen atoms in total. The van der Waals surface area contributed by atoms with Crippen LogP contribution in [0, 0.1) is 11.8 Å². The molecule has 1 heterocycles. The van der Waals surface area contributed by atoms with E-state index in [-0.39, 0.29) is 5.91 Å². The van der Waals surface area contributed by atoms with Crippen LogP contribution in [-0.4, -0.2) is 49.8 Å². The van der Waals surface area contributed by atoms with Gasteiger partial charge in [-0.25, -0.2) is 0 Å². The lowest BCUT2D eigenvalue weighted by atomic mass is 9.84. The number of amides is 1. The van der Waals surface area contributed by atoms with Gasteiger partial charge < -0.3 is 14.8 Å². The van der Waals surface area contributed by atoms with Crippen LogP contribution in [0.3, 0.4) is 0 Å². The maximum atomic E-state index is 12.7. The van der Waals surface area contributed by atoms with Gasteiger partial charge in [-0.3, -0.25) is 9.69 Å². The molecular formula is C23H36N2O3. The standard InChI is InChI=1S/C23H36N2O3/c1-18-15-19(2)17-25(16-18)13-14-28-21-9-7-20(8-10-21)24-22(26)23(27-3)11-5-4-6-12-23/h7-10,18-19H,4-6,11-17H2,1-3H3,(H,24,26). The minimum absolute atomic E-state index is 0.0308. The van der Waals surface area contributed by atoms with Crippen LogP contribution in [-0.2, 0) is 9.53 Å². The van der Waals surface area contributed by atoms with Crippen molar-refractivity contribution < 1.29 is 14.3 Å². The minimum atomic E-state index is -0.670. The summed E-state index contributed by atoms with van der Waals surface area (Å²) < 4.78 is 11.5. The smallest absolute Gasteiger partial charge is 0.256 e. The Morgan fingerprint density at radius 3 is 2.36 bits per heavy atom. The number of nitrogens with one attached hydrogen (secondary N) is 1. The van der Waals surface area contributed by atoms with Crippen molar-refractivity contribution in [3.63, 3.8) is 0 Å². The van der Waals surface area contributed by atoms with Crippen molar-refractivity contribution >= 4 is 11.6 Å². The highest BCUT2D eigenvalue weighted by Crippen LogP contribution is 2.32. The molecule has 5 heteroatoms. The first-order valence-corrected chi connectivity index (χ1v) is 10.8. The SMILES string of the molecule is COC1(C(=O)Nc2ccc(OCCN3CC(C)CC(C)C3)cc2)CCCCC1. The van der Waals surface area contributed by atoms with Crippen molar-refractivity contribution in [1.82, 2.24) is 4.90 Å². The lowest BCUT2D eigenvalue weighted by Crippen LogP contribution is -2.46. The molecule has 0 bridgehead atoms. The van der Waals surface area contributed by atoms with Crippen LogP contribution < -0.4 is 10.1 Å². The maximum absolute atomic E-state index is 12.7. The van der Waals surface area contributed by atoms with Gasteiger partial charge in [-0.05, 0) is 55.4 Å². The van der Waals surface area contributed by atoms with E-state index in [1.807, 2.05) is 24.3 Å². The lowest BCUT2D eigenvalue weighted by Gasteiger charge is -2.34. The quantitative estimate of drug-likeness (QED) is 0.755. The average Bonchev–Trinajstić information content (AvgIpc) is 2.69. The summed E-state index contributed by atoms with van der Waals surface area (Å²) in [4.78, 5) is 15.2. The van der Waals surface area contributed by atoms with Gasteiger partial charge in [0.2, 0.25) is 0 Å². The molecule has 2 aliphatic rings. The van der Waals surface area contributed by atoms with Gasteiger partial charge in [0.1, 0.15) is 18.0 Å². The summed E-state index contributed by atoms with van der Waals surface area (Å²) in [5.74, 6) is 2.35. The van der Waals surface area contributed by atoms with E-state index in [0.717, 1.165) is 55.5 Å². The summed E-state index contributed by atoms with van der Waals surface area (Å²) in [5.41, 5.74) is 0.119. The van der Waals surface area contributed by atoms with E-state index >= 15 is 0 Å². The highest BCUT2D eigenvalue weighted by Gasteiger charge is 2.39. The summed E-state index contributed by atoms with van der Waals surface area (Å²) in [6, 6.07) is 7.67. The molecule has 2 atom stereocenters. The molecule has 3 rings (SSSR count). The molecule has 0 spiro atoms. The third-order valence-electron chi connectivity index (χ3n) is 6.20. The second kappa shape index (κ2) is 9.75. The average molecular weight is 389 g/mol. The number of nitrogens with zero attached hydrogens (tertiary/aromatic N) is 1. The van der Waals surface area contributed by atoms with Crippen molar-refractivity contribution in [2.75, 3.05) is 38.7 Å². The van der Waals surface area contributed by atoms with Crippen molar-refractivity contribution in [1.29, 1.82) is 0 Å². The number of piperidine rings is 1. The molecule has 1 N–H and O–H groups in total. The first-order chi connectivity index (χ1) is 13.5. The van der Waals surface area contributed by atoms with Crippen LogP contribution in [0.2, 0.25) is 0 Å². The topological polar surface area (TPSA) is 50.8 Å². The normalized spacial score (nSPS) is 25.2. The van der Waals surface area contributed by atoms with Gasteiger partial charge in [-0.15, -0.1) is 0 Å². The molecule has 1 aliphatic heterocycles. The molecule has 1 amide bonds. The molecule has 1 aromatic rings. The Kier molecular flexibility index (Phi) is 7.36. The summed E-state index contributed by atoms with van der Waals surface area (Å²) in [7, 11) is 1.64. The first kappa shape index (κ1) is 21.1. The van der Waals surface area contributed by atoms with E-state index in [2.05, 4.69) is 24.1 Å². The number of carbonyl (C=O) groups is 1. The summed E-state index contributed by atoms with van der Waals surface area (Å²) >= 11 is 0. The fourth-order valence-corrected chi connectivity index (χ4v) is 4.79. The largest absolute Gasteiger partial charge is 0.492 e. The fraction of sp³-hybridized carbons (Fsp3) is 0.696. The molecule has 1 saturated heterocycles. The molecule has 0 aromatic heterocycles. The Morgan fingerprint density at radius 1 is 1.11 bits per heavy atom. The highest BCUT2D eigenvalue weighted by atomic mass is 16.5. The molecule has 1 saturated carbocycles. The third kappa shape index (κ3) is 5.48. The molecule has 156 valence electrons. The van der Waals surface area contributed by atoms with Crippen molar-refractivity contribution in [2.45, 2.75) is 58.0 Å². The summed E-state index contributed by atoms with van der Waals surface area (Å²) in [6.07, 6.45) is 6.19. The summed E-state index contributed by atoms with van der Waals surface area (Å²) in [5, 5.41) is 3.02. The zero-order valence-corrected chi connectivity index (χ0v) is 17.7. The van der Waals surface area contributed by atoms with Crippen molar-refractivity contribution in [2.24, 2.45) is 11.8 Å². The van der Waals surface area contributed by atoms with Gasteiger partial charge in [0, 0.05) is 32.4 Å². The molecule has 1 aliphatic carbocycles. The predicted molar refractivity (Wildman–Crippen MR) is 113 cm³/mol. The minimum Gasteiger partial charge on any atom is -0.492 e. The monoisotopic (exact) mass is 388 g/mol. The number of hydrogen-bond acceptors (Lipinski definition) is 4. The number of rotatable bonds is 7. The van der Waals surface area contributed by atoms with Gasteiger partial charge in [0.25, 0.3) is 5.91 Å². The third-order valence-corrected chi connectivity index (χ3v) is 6.20. The number of hydrogen-bond donors (Lipinski definition) is 1. The molecule has 1 aromatic carbocycles. The fourth-order valence-electron chi connectivity index (χ4n) is 4.79. The maximum Gasteiger partial charge on any atom is 0.256 e. The van der Waals surface area contributed by atoms with Crippen LogP contribution in [0.1, 0.15) is 52.4 Å². The molecule has 0 radical (unpaired) electrons. The summed E-state index contributed by atoms with van der Waals surface area (Å²) in [6.45, 7) is 8.65. The number of likely N-dealkylation sites (tertiary alicyclic amines) is 1. The Labute approximate surface area is 169 Å². The van der Waals surface area contributed by atoms with Crippen LogP contribution in [0.15, 0.2) is 24.3 Å². The van der Waals surface area contributed by atoms with Crippen molar-refractivity contribution in [3.05, 3.63) is 24.3 Å². The number of benzene rings is 1. The number of carbonyl (C=O) groups excluding carboxylic acids is 1. The van der Waals surface area contributed by atoms with E-state index < -0.39 is 5.60 Å². The second-order valence-electron chi connectivity index (χ2n) is 8.79. The molecule has 2 unspecified atom stereocenters. The zero-order chi connectivity index (χ0) is 20.0. The Hall–Kier alpha value is -1.59. The lowest BCUT2D eigenvalue weighted by molar-refractivity contribution is -0.141. The second-order valence-corrected chi connectivity index (χ2v) is 8.79. The van der Waals surface area contributed by atoms with E-state index in [4.69, 9.17) is 9.47 Å². The number of anilines is 1. The number of methoxy groups -OCH3 is 1. The molecular weight excluding hydrogens is 352 g/mol. The van der Waals surface area contributed by atoms with Gasteiger partial charge in [0.05, 0.1) is 0 Å². The van der Waals surface area contributed by atoms with E-state index in [0.29, 0.717) is 6.61 Å². The van der Waals surface area contributed by atoms with E-state index in [9.17, 15) is 4.79 Å². The van der Waals surface area contributed by atoms with E-state index in [1.165, 1.54) is 25.9 Å². The molecule has 2 fully saturated rings.